The summed E-state index contributed by atoms with van der Waals surface area (Å²) in [6.45, 7) is 4.85. The second kappa shape index (κ2) is 6.46. The average molecular weight is 236 g/mol. The van der Waals surface area contributed by atoms with Crippen molar-refractivity contribution in [2.45, 2.75) is 30.8 Å². The van der Waals surface area contributed by atoms with Crippen LogP contribution in [0.3, 0.4) is 0 Å². The molecule has 0 bridgehead atoms. The Morgan fingerprint density at radius 3 is 3.00 bits per heavy atom. The van der Waals surface area contributed by atoms with Gasteiger partial charge in [0.05, 0.1) is 11.1 Å². The van der Waals surface area contributed by atoms with Crippen molar-refractivity contribution in [3.63, 3.8) is 0 Å². The minimum Gasteiger partial charge on any atom is -0.299 e. The van der Waals surface area contributed by atoms with Gasteiger partial charge in [-0.15, -0.1) is 11.8 Å². The van der Waals surface area contributed by atoms with E-state index in [0.717, 1.165) is 18.0 Å². The quantitative estimate of drug-likeness (QED) is 0.603. The molecule has 0 aliphatic rings. The molecule has 1 unspecified atom stereocenters. The third-order valence-corrected chi connectivity index (χ3v) is 3.33. The Labute approximate surface area is 100 Å². The molecular formula is C11H16N4S. The van der Waals surface area contributed by atoms with E-state index in [2.05, 4.69) is 28.3 Å². The largest absolute Gasteiger partial charge is 0.299 e. The molecule has 0 radical (unpaired) electrons. The maximum Gasteiger partial charge on any atom is 0.116 e. The van der Waals surface area contributed by atoms with E-state index in [0.29, 0.717) is 5.75 Å². The van der Waals surface area contributed by atoms with Crippen LogP contribution in [-0.4, -0.2) is 27.8 Å². The van der Waals surface area contributed by atoms with Gasteiger partial charge in [0.1, 0.15) is 11.9 Å². The van der Waals surface area contributed by atoms with Gasteiger partial charge in [-0.25, -0.2) is 9.97 Å². The van der Waals surface area contributed by atoms with Crippen molar-refractivity contribution in [1.82, 2.24) is 15.3 Å². The summed E-state index contributed by atoms with van der Waals surface area (Å²) in [6, 6.07) is 4.16. The minimum atomic E-state index is -0.494. The fourth-order valence-corrected chi connectivity index (χ4v) is 1.99. The first-order chi connectivity index (χ1) is 7.70. The van der Waals surface area contributed by atoms with Gasteiger partial charge in [-0.3, -0.25) is 5.32 Å². The maximum atomic E-state index is 9.13. The van der Waals surface area contributed by atoms with E-state index < -0.39 is 5.54 Å². The fraction of sp³-hybridized carbons (Fsp3) is 0.545. The van der Waals surface area contributed by atoms with E-state index in [9.17, 15) is 0 Å². The molecule has 1 rings (SSSR count). The van der Waals surface area contributed by atoms with Gasteiger partial charge in [-0.05, 0) is 26.0 Å². The summed E-state index contributed by atoms with van der Waals surface area (Å²) < 4.78 is 0. The van der Waals surface area contributed by atoms with Crippen LogP contribution in [0, 0.1) is 11.3 Å². The summed E-state index contributed by atoms with van der Waals surface area (Å²) in [5, 5.41) is 13.3. The van der Waals surface area contributed by atoms with E-state index in [1.54, 1.807) is 18.0 Å². The summed E-state index contributed by atoms with van der Waals surface area (Å²) >= 11 is 1.57. The minimum absolute atomic E-state index is 0.494. The number of hydrogen-bond donors (Lipinski definition) is 1. The van der Waals surface area contributed by atoms with Crippen LogP contribution in [0.4, 0.5) is 0 Å². The van der Waals surface area contributed by atoms with Crippen LogP contribution in [0.2, 0.25) is 0 Å². The van der Waals surface area contributed by atoms with Crippen LogP contribution >= 0.6 is 11.8 Å². The first kappa shape index (κ1) is 12.9. The smallest absolute Gasteiger partial charge is 0.116 e. The number of hydrogen-bond acceptors (Lipinski definition) is 5. The zero-order chi connectivity index (χ0) is 11.9. The van der Waals surface area contributed by atoms with Gasteiger partial charge in [-0.1, -0.05) is 6.92 Å². The molecule has 0 fully saturated rings. The first-order valence-electron chi connectivity index (χ1n) is 5.25. The topological polar surface area (TPSA) is 61.6 Å². The standard InChI is InChI=1S/C11H16N4S/c1-3-5-15-11(2,7-12)8-16-10-4-6-13-9-14-10/h4,6,9,15H,3,5,8H2,1-2H3. The van der Waals surface area contributed by atoms with E-state index in [1.807, 2.05) is 13.0 Å². The molecular weight excluding hydrogens is 220 g/mol. The first-order valence-corrected chi connectivity index (χ1v) is 6.24. The summed E-state index contributed by atoms with van der Waals surface area (Å²) in [4.78, 5) is 7.97. The Balaban J connectivity index is 2.49. The van der Waals surface area contributed by atoms with Gasteiger partial charge in [0.15, 0.2) is 0 Å². The highest BCUT2D eigenvalue weighted by Crippen LogP contribution is 2.19. The second-order valence-electron chi connectivity index (χ2n) is 3.71. The van der Waals surface area contributed by atoms with Crippen LogP contribution in [-0.2, 0) is 0 Å². The second-order valence-corrected chi connectivity index (χ2v) is 4.70. The van der Waals surface area contributed by atoms with Crippen LogP contribution in [0.25, 0.3) is 0 Å². The summed E-state index contributed by atoms with van der Waals surface area (Å²) in [5.74, 6) is 0.681. The zero-order valence-electron chi connectivity index (χ0n) is 9.60. The average Bonchev–Trinajstić information content (AvgIpc) is 2.35. The van der Waals surface area contributed by atoms with E-state index in [-0.39, 0.29) is 0 Å². The van der Waals surface area contributed by atoms with Crippen molar-refractivity contribution in [3.8, 4) is 6.07 Å². The van der Waals surface area contributed by atoms with Gasteiger partial charge < -0.3 is 0 Å². The molecule has 86 valence electrons. The van der Waals surface area contributed by atoms with Crippen LogP contribution in [0.15, 0.2) is 23.6 Å². The number of nitrogens with one attached hydrogen (secondary N) is 1. The number of aromatic nitrogens is 2. The third kappa shape index (κ3) is 4.17. The predicted molar refractivity (Wildman–Crippen MR) is 65.1 cm³/mol. The molecule has 0 saturated carbocycles. The molecule has 1 N–H and O–H groups in total. The Bertz CT molecular complexity index is 349. The molecule has 5 heteroatoms. The lowest BCUT2D eigenvalue weighted by atomic mass is 10.1. The fourth-order valence-electron chi connectivity index (χ4n) is 1.11. The highest BCUT2D eigenvalue weighted by molar-refractivity contribution is 7.99. The normalized spacial score (nSPS) is 14.1. The lowest BCUT2D eigenvalue weighted by Gasteiger charge is -2.22. The number of rotatable bonds is 6. The SMILES string of the molecule is CCCNC(C)(C#N)CSc1ccncn1. The number of nitriles is 1. The Morgan fingerprint density at radius 1 is 1.62 bits per heavy atom. The Hall–Kier alpha value is -1.12. The molecule has 0 amide bonds. The molecule has 16 heavy (non-hydrogen) atoms. The lowest BCUT2D eigenvalue weighted by molar-refractivity contribution is 0.493. The van der Waals surface area contributed by atoms with Gasteiger partial charge >= 0.3 is 0 Å². The van der Waals surface area contributed by atoms with Crippen molar-refractivity contribution in [2.24, 2.45) is 0 Å². The predicted octanol–water partition coefficient (Wildman–Crippen LogP) is 1.85. The molecule has 1 aromatic heterocycles. The molecule has 1 aromatic rings. The zero-order valence-corrected chi connectivity index (χ0v) is 10.4. The molecule has 0 aliphatic carbocycles. The van der Waals surface area contributed by atoms with E-state index in [1.165, 1.54) is 6.33 Å². The Kier molecular flexibility index (Phi) is 5.23. The summed E-state index contributed by atoms with van der Waals surface area (Å²) in [7, 11) is 0. The molecule has 0 saturated heterocycles. The van der Waals surface area contributed by atoms with Crippen LogP contribution < -0.4 is 5.32 Å². The molecule has 0 aromatic carbocycles. The molecule has 0 aliphatic heterocycles. The summed E-state index contributed by atoms with van der Waals surface area (Å²) in [6.07, 6.45) is 4.25. The van der Waals surface area contributed by atoms with E-state index in [4.69, 9.17) is 5.26 Å². The van der Waals surface area contributed by atoms with Gasteiger partial charge in [-0.2, -0.15) is 5.26 Å². The van der Waals surface area contributed by atoms with Crippen molar-refractivity contribution in [1.29, 1.82) is 5.26 Å². The summed E-state index contributed by atoms with van der Waals surface area (Å²) in [5.41, 5.74) is -0.494. The van der Waals surface area contributed by atoms with Crippen molar-refractivity contribution < 1.29 is 0 Å². The molecule has 0 spiro atoms. The lowest BCUT2D eigenvalue weighted by Crippen LogP contribution is -2.43. The van der Waals surface area contributed by atoms with Gasteiger partial charge in [0.25, 0.3) is 0 Å². The van der Waals surface area contributed by atoms with Crippen LogP contribution in [0.1, 0.15) is 20.3 Å². The van der Waals surface area contributed by atoms with Gasteiger partial charge in [0, 0.05) is 11.9 Å². The van der Waals surface area contributed by atoms with E-state index >= 15 is 0 Å². The molecule has 1 heterocycles. The number of nitrogens with zero attached hydrogens (tertiary/aromatic N) is 3. The molecule has 4 nitrogen and oxygen atoms in total. The highest BCUT2D eigenvalue weighted by atomic mass is 32.2. The third-order valence-electron chi connectivity index (χ3n) is 2.08. The van der Waals surface area contributed by atoms with Crippen molar-refractivity contribution in [3.05, 3.63) is 18.6 Å². The van der Waals surface area contributed by atoms with Crippen LogP contribution in [0.5, 0.6) is 0 Å². The maximum absolute atomic E-state index is 9.13. The van der Waals surface area contributed by atoms with Crippen molar-refractivity contribution >= 4 is 11.8 Å². The highest BCUT2D eigenvalue weighted by Gasteiger charge is 2.22. The Morgan fingerprint density at radius 2 is 2.44 bits per heavy atom. The van der Waals surface area contributed by atoms with Gasteiger partial charge in [0.2, 0.25) is 0 Å². The monoisotopic (exact) mass is 236 g/mol. The molecule has 1 atom stereocenters. The van der Waals surface area contributed by atoms with Crippen molar-refractivity contribution in [2.75, 3.05) is 12.3 Å². The number of thioether (sulfide) groups is 1.